The quantitative estimate of drug-likeness (QED) is 0.542. The van der Waals surface area contributed by atoms with Crippen LogP contribution in [0.4, 0.5) is 0 Å². The maximum absolute atomic E-state index is 11.5. The van der Waals surface area contributed by atoms with Crippen molar-refractivity contribution in [2.75, 3.05) is 0 Å². The van der Waals surface area contributed by atoms with Crippen molar-refractivity contribution < 1.29 is 4.79 Å². The summed E-state index contributed by atoms with van der Waals surface area (Å²) < 4.78 is 0. The summed E-state index contributed by atoms with van der Waals surface area (Å²) in [5, 5.41) is 0. The highest BCUT2D eigenvalue weighted by atomic mass is 16.1. The fourth-order valence-electron chi connectivity index (χ4n) is 2.22. The molecule has 0 fully saturated rings. The van der Waals surface area contributed by atoms with E-state index in [4.69, 9.17) is 0 Å². The molecule has 0 heterocycles. The van der Waals surface area contributed by atoms with Gasteiger partial charge in [0, 0.05) is 17.9 Å². The third-order valence-electron chi connectivity index (χ3n) is 2.88. The van der Waals surface area contributed by atoms with E-state index >= 15 is 0 Å². The van der Waals surface area contributed by atoms with Gasteiger partial charge in [0.05, 0.1) is 0 Å². The smallest absolute Gasteiger partial charge is 0.159 e. The first kappa shape index (κ1) is 7.78. The minimum absolute atomic E-state index is 0.404. The van der Waals surface area contributed by atoms with Gasteiger partial charge in [0.15, 0.2) is 5.78 Å². The van der Waals surface area contributed by atoms with E-state index < -0.39 is 0 Å². The first-order valence-electron chi connectivity index (χ1n) is 4.74. The number of Topliss-reactive ketones (excluding diaryl/α,β-unsaturated/α-hetero) is 1. The minimum atomic E-state index is 0.404. The molecule has 12 heavy (non-hydrogen) atoms. The lowest BCUT2D eigenvalue weighted by molar-refractivity contribution is -0.115. The Morgan fingerprint density at radius 3 is 3.08 bits per heavy atom. The first-order valence-corrected chi connectivity index (χ1v) is 4.74. The van der Waals surface area contributed by atoms with E-state index in [-0.39, 0.29) is 0 Å². The van der Waals surface area contributed by atoms with Crippen molar-refractivity contribution in [1.82, 2.24) is 0 Å². The van der Waals surface area contributed by atoms with Gasteiger partial charge in [0.25, 0.3) is 0 Å². The van der Waals surface area contributed by atoms with Crippen LogP contribution < -0.4 is 0 Å². The lowest BCUT2D eigenvalue weighted by atomic mass is 9.87. The SMILES string of the molecule is CCC1C=CCC2=C1C(=O)CC2. The molecule has 0 N–H and O–H groups in total. The van der Waals surface area contributed by atoms with Gasteiger partial charge in [-0.15, -0.1) is 0 Å². The molecule has 64 valence electrons. The van der Waals surface area contributed by atoms with Gasteiger partial charge >= 0.3 is 0 Å². The second-order valence-electron chi connectivity index (χ2n) is 3.59. The van der Waals surface area contributed by atoms with Gasteiger partial charge in [-0.05, 0) is 19.3 Å². The molecule has 0 aromatic rings. The molecule has 0 bridgehead atoms. The van der Waals surface area contributed by atoms with Crippen molar-refractivity contribution in [3.63, 3.8) is 0 Å². The zero-order chi connectivity index (χ0) is 8.55. The molecule has 1 nitrogen and oxygen atoms in total. The zero-order valence-electron chi connectivity index (χ0n) is 7.47. The Kier molecular flexibility index (Phi) is 1.87. The third-order valence-corrected chi connectivity index (χ3v) is 2.88. The van der Waals surface area contributed by atoms with E-state index in [1.165, 1.54) is 5.57 Å². The lowest BCUT2D eigenvalue weighted by Crippen LogP contribution is -2.09. The summed E-state index contributed by atoms with van der Waals surface area (Å²) >= 11 is 0. The summed E-state index contributed by atoms with van der Waals surface area (Å²) in [4.78, 5) is 11.5. The van der Waals surface area contributed by atoms with Gasteiger partial charge in [0.1, 0.15) is 0 Å². The number of carbonyl (C=O) groups is 1. The Morgan fingerprint density at radius 2 is 2.33 bits per heavy atom. The van der Waals surface area contributed by atoms with Gasteiger partial charge in [-0.3, -0.25) is 4.79 Å². The molecule has 1 unspecified atom stereocenters. The predicted octanol–water partition coefficient (Wildman–Crippen LogP) is 2.63. The molecular formula is C11H14O. The molecule has 0 spiro atoms. The number of hydrogen-bond acceptors (Lipinski definition) is 1. The number of carbonyl (C=O) groups excluding carboxylic acids is 1. The van der Waals surface area contributed by atoms with Crippen LogP contribution in [0, 0.1) is 5.92 Å². The summed E-state index contributed by atoms with van der Waals surface area (Å²) in [6.07, 6.45) is 8.30. The molecule has 0 aromatic heterocycles. The van der Waals surface area contributed by atoms with E-state index in [2.05, 4.69) is 19.1 Å². The molecule has 0 saturated heterocycles. The largest absolute Gasteiger partial charge is 0.295 e. The molecule has 0 aromatic carbocycles. The highest BCUT2D eigenvalue weighted by Gasteiger charge is 2.28. The fourth-order valence-corrected chi connectivity index (χ4v) is 2.22. The molecule has 2 aliphatic carbocycles. The molecule has 0 saturated carbocycles. The maximum atomic E-state index is 11.5. The van der Waals surface area contributed by atoms with Crippen molar-refractivity contribution in [1.29, 1.82) is 0 Å². The summed E-state index contributed by atoms with van der Waals surface area (Å²) in [7, 11) is 0. The molecule has 0 radical (unpaired) electrons. The van der Waals surface area contributed by atoms with Gasteiger partial charge in [-0.25, -0.2) is 0 Å². The van der Waals surface area contributed by atoms with E-state index in [0.29, 0.717) is 11.7 Å². The molecule has 2 rings (SSSR count). The van der Waals surface area contributed by atoms with E-state index in [1.54, 1.807) is 0 Å². The average molecular weight is 162 g/mol. The van der Waals surface area contributed by atoms with Crippen molar-refractivity contribution in [2.24, 2.45) is 5.92 Å². The second-order valence-corrected chi connectivity index (χ2v) is 3.59. The third kappa shape index (κ3) is 1.04. The topological polar surface area (TPSA) is 17.1 Å². The van der Waals surface area contributed by atoms with Crippen LogP contribution in [0.15, 0.2) is 23.3 Å². The molecule has 0 aliphatic heterocycles. The molecule has 1 heteroatoms. The number of hydrogen-bond donors (Lipinski definition) is 0. The molecular weight excluding hydrogens is 148 g/mol. The molecule has 1 atom stereocenters. The van der Waals surface area contributed by atoms with E-state index in [9.17, 15) is 4.79 Å². The summed E-state index contributed by atoms with van der Waals surface area (Å²) in [5.74, 6) is 0.838. The highest BCUT2D eigenvalue weighted by molar-refractivity contribution is 5.99. The van der Waals surface area contributed by atoms with Crippen LogP contribution in [-0.4, -0.2) is 5.78 Å². The first-order chi connectivity index (χ1) is 5.83. The normalized spacial score (nSPS) is 28.1. The van der Waals surface area contributed by atoms with Crippen LogP contribution in [0.25, 0.3) is 0 Å². The monoisotopic (exact) mass is 162 g/mol. The van der Waals surface area contributed by atoms with Crippen molar-refractivity contribution in [3.05, 3.63) is 23.3 Å². The zero-order valence-corrected chi connectivity index (χ0v) is 7.47. The molecule has 2 aliphatic rings. The van der Waals surface area contributed by atoms with Gasteiger partial charge < -0.3 is 0 Å². The van der Waals surface area contributed by atoms with E-state index in [1.807, 2.05) is 0 Å². The number of allylic oxidation sites excluding steroid dienone is 4. The van der Waals surface area contributed by atoms with Gasteiger partial charge in [-0.2, -0.15) is 0 Å². The van der Waals surface area contributed by atoms with Crippen LogP contribution >= 0.6 is 0 Å². The highest BCUT2D eigenvalue weighted by Crippen LogP contribution is 2.36. The molecule has 0 amide bonds. The van der Waals surface area contributed by atoms with Crippen LogP contribution in [0.1, 0.15) is 32.6 Å². The van der Waals surface area contributed by atoms with Crippen LogP contribution in [0.5, 0.6) is 0 Å². The second kappa shape index (κ2) is 2.89. The van der Waals surface area contributed by atoms with Gasteiger partial charge in [0.2, 0.25) is 0 Å². The standard InChI is InChI=1S/C11H14O/c1-2-8-4-3-5-9-6-7-10(12)11(8)9/h3-4,8H,2,5-7H2,1H3. The maximum Gasteiger partial charge on any atom is 0.159 e. The van der Waals surface area contributed by atoms with Crippen LogP contribution in [-0.2, 0) is 4.79 Å². The van der Waals surface area contributed by atoms with Gasteiger partial charge in [-0.1, -0.05) is 24.6 Å². The van der Waals surface area contributed by atoms with Crippen molar-refractivity contribution >= 4 is 5.78 Å². The summed E-state index contributed by atoms with van der Waals surface area (Å²) in [6, 6.07) is 0. The lowest BCUT2D eigenvalue weighted by Gasteiger charge is -2.16. The predicted molar refractivity (Wildman–Crippen MR) is 48.8 cm³/mol. The Labute approximate surface area is 73.2 Å². The number of ketones is 1. The number of rotatable bonds is 1. The van der Waals surface area contributed by atoms with E-state index in [0.717, 1.165) is 31.3 Å². The Bertz CT molecular complexity index is 271. The minimum Gasteiger partial charge on any atom is -0.295 e. The van der Waals surface area contributed by atoms with Crippen molar-refractivity contribution in [3.8, 4) is 0 Å². The summed E-state index contributed by atoms with van der Waals surface area (Å²) in [6.45, 7) is 2.15. The Morgan fingerprint density at radius 1 is 1.50 bits per heavy atom. The Balaban J connectivity index is 2.32. The summed E-state index contributed by atoms with van der Waals surface area (Å²) in [5.41, 5.74) is 2.56. The average Bonchev–Trinajstić information content (AvgIpc) is 2.48. The van der Waals surface area contributed by atoms with Crippen molar-refractivity contribution in [2.45, 2.75) is 32.6 Å². The van der Waals surface area contributed by atoms with Crippen LogP contribution in [0.3, 0.4) is 0 Å². The van der Waals surface area contributed by atoms with Crippen LogP contribution in [0.2, 0.25) is 0 Å². The fraction of sp³-hybridized carbons (Fsp3) is 0.545. The Hall–Kier alpha value is -0.850.